The molecule has 0 bridgehead atoms. The first-order valence-electron chi connectivity index (χ1n) is 5.53. The molecule has 0 aromatic heterocycles. The Morgan fingerprint density at radius 1 is 1.21 bits per heavy atom. The van der Waals surface area contributed by atoms with Crippen LogP contribution in [0.1, 0.15) is 12.0 Å². The van der Waals surface area contributed by atoms with Crippen LogP contribution in [0.15, 0.2) is 23.1 Å². The Morgan fingerprint density at radius 2 is 1.84 bits per heavy atom. The van der Waals surface area contributed by atoms with Gasteiger partial charge in [0.15, 0.2) is 0 Å². The average molecular weight is 307 g/mol. The number of nitrogens with two attached hydrogens (primary N) is 1. The van der Waals surface area contributed by atoms with Gasteiger partial charge in [0.2, 0.25) is 10.0 Å². The number of hydrogen-bond acceptors (Lipinski definition) is 5. The van der Waals surface area contributed by atoms with Gasteiger partial charge in [-0.1, -0.05) is 0 Å². The third kappa shape index (κ3) is 5.58. The van der Waals surface area contributed by atoms with Gasteiger partial charge in [0.25, 0.3) is 0 Å². The molecule has 1 rings (SSSR count). The van der Waals surface area contributed by atoms with Crippen molar-refractivity contribution in [2.45, 2.75) is 18.2 Å². The maximum Gasteiger partial charge on any atom is 0.238 e. The molecule has 108 valence electrons. The second kappa shape index (κ2) is 5.89. The van der Waals surface area contributed by atoms with Crippen LogP contribution in [0.3, 0.4) is 0 Å². The van der Waals surface area contributed by atoms with Crippen LogP contribution >= 0.6 is 0 Å². The normalized spacial score (nSPS) is 12.4. The summed E-state index contributed by atoms with van der Waals surface area (Å²) in [6, 6.07) is 4.42. The van der Waals surface area contributed by atoms with E-state index in [2.05, 4.69) is 0 Å². The van der Waals surface area contributed by atoms with Crippen molar-refractivity contribution in [3.63, 3.8) is 0 Å². The average Bonchev–Trinajstić information content (AvgIpc) is 2.21. The van der Waals surface area contributed by atoms with Gasteiger partial charge in [-0.2, -0.15) is 0 Å². The molecule has 0 fully saturated rings. The zero-order valence-electron chi connectivity index (χ0n) is 10.8. The monoisotopic (exact) mass is 307 g/mol. The van der Waals surface area contributed by atoms with Gasteiger partial charge in [-0.05, 0) is 37.1 Å². The van der Waals surface area contributed by atoms with Crippen molar-refractivity contribution in [2.75, 3.05) is 18.6 Å². The molecule has 0 amide bonds. The first kappa shape index (κ1) is 15.9. The molecule has 0 aliphatic rings. The second-order valence-electron chi connectivity index (χ2n) is 4.30. The lowest BCUT2D eigenvalue weighted by Crippen LogP contribution is -2.13. The smallest absolute Gasteiger partial charge is 0.238 e. The van der Waals surface area contributed by atoms with E-state index < -0.39 is 19.9 Å². The lowest BCUT2D eigenvalue weighted by molar-refractivity contribution is 0.317. The molecule has 2 N–H and O–H groups in total. The van der Waals surface area contributed by atoms with E-state index in [1.54, 1.807) is 13.0 Å². The van der Waals surface area contributed by atoms with E-state index >= 15 is 0 Å². The van der Waals surface area contributed by atoms with Crippen molar-refractivity contribution in [1.82, 2.24) is 0 Å². The molecule has 0 unspecified atom stereocenters. The Bertz CT molecular complexity index is 650. The number of rotatable bonds is 6. The first-order chi connectivity index (χ1) is 8.59. The van der Waals surface area contributed by atoms with Crippen molar-refractivity contribution in [1.29, 1.82) is 0 Å². The lowest BCUT2D eigenvalue weighted by atomic mass is 10.2. The SMILES string of the molecule is Cc1cc(OCCCS(C)(=O)=O)ccc1S(N)(=O)=O. The highest BCUT2D eigenvalue weighted by molar-refractivity contribution is 7.90. The first-order valence-corrected chi connectivity index (χ1v) is 9.14. The summed E-state index contributed by atoms with van der Waals surface area (Å²) in [5.41, 5.74) is 0.489. The maximum absolute atomic E-state index is 11.2. The summed E-state index contributed by atoms with van der Waals surface area (Å²) in [4.78, 5) is 0.0518. The van der Waals surface area contributed by atoms with Gasteiger partial charge < -0.3 is 4.74 Å². The molecule has 0 radical (unpaired) electrons. The Morgan fingerprint density at radius 3 is 2.32 bits per heavy atom. The van der Waals surface area contributed by atoms with Crippen LogP contribution in [-0.4, -0.2) is 35.5 Å². The lowest BCUT2D eigenvalue weighted by Gasteiger charge is -2.08. The van der Waals surface area contributed by atoms with Gasteiger partial charge in [0.05, 0.1) is 17.3 Å². The number of hydrogen-bond donors (Lipinski definition) is 1. The summed E-state index contributed by atoms with van der Waals surface area (Å²) >= 11 is 0. The van der Waals surface area contributed by atoms with E-state index in [-0.39, 0.29) is 17.3 Å². The van der Waals surface area contributed by atoms with Crippen LogP contribution in [-0.2, 0) is 19.9 Å². The molecule has 1 aromatic carbocycles. The molecule has 8 heteroatoms. The molecule has 6 nitrogen and oxygen atoms in total. The third-order valence-electron chi connectivity index (χ3n) is 2.38. The number of sulfonamides is 1. The Hall–Kier alpha value is -1.12. The Balaban J connectivity index is 2.65. The fourth-order valence-corrected chi connectivity index (χ4v) is 2.95. The zero-order valence-corrected chi connectivity index (χ0v) is 12.4. The molecule has 19 heavy (non-hydrogen) atoms. The van der Waals surface area contributed by atoms with Gasteiger partial charge in [-0.3, -0.25) is 0 Å². The zero-order chi connectivity index (χ0) is 14.7. The van der Waals surface area contributed by atoms with Crippen LogP contribution in [0.5, 0.6) is 5.75 Å². The highest BCUT2D eigenvalue weighted by atomic mass is 32.2. The van der Waals surface area contributed by atoms with Gasteiger partial charge in [0, 0.05) is 6.26 Å². The molecule has 0 aliphatic heterocycles. The van der Waals surface area contributed by atoms with E-state index in [0.717, 1.165) is 6.26 Å². The van der Waals surface area contributed by atoms with Crippen molar-refractivity contribution in [2.24, 2.45) is 5.14 Å². The standard InChI is InChI=1S/C11H17NO5S2/c1-9-8-10(4-5-11(9)19(12,15)16)17-6-3-7-18(2,13)14/h4-5,8H,3,6-7H2,1-2H3,(H2,12,15,16). The number of benzene rings is 1. The van der Waals surface area contributed by atoms with Gasteiger partial charge in [-0.25, -0.2) is 22.0 Å². The summed E-state index contributed by atoms with van der Waals surface area (Å²) in [5, 5.41) is 5.04. The molecular formula is C11H17NO5S2. The Kier molecular flexibility index (Phi) is 4.94. The Labute approximate surface area is 113 Å². The maximum atomic E-state index is 11.2. The molecule has 0 heterocycles. The predicted octanol–water partition coefficient (Wildman–Crippen LogP) is 0.456. The second-order valence-corrected chi connectivity index (χ2v) is 8.09. The highest BCUT2D eigenvalue weighted by Gasteiger charge is 2.11. The fourth-order valence-electron chi connectivity index (χ4n) is 1.54. The number of sulfone groups is 1. The van der Waals surface area contributed by atoms with Crippen LogP contribution in [0, 0.1) is 6.92 Å². The van der Waals surface area contributed by atoms with Crippen molar-refractivity contribution in [3.05, 3.63) is 23.8 Å². The molecular weight excluding hydrogens is 290 g/mol. The van der Waals surface area contributed by atoms with Gasteiger partial charge in [0.1, 0.15) is 15.6 Å². The molecule has 0 saturated carbocycles. The predicted molar refractivity (Wildman–Crippen MR) is 72.4 cm³/mol. The van der Waals surface area contributed by atoms with E-state index in [1.165, 1.54) is 12.1 Å². The molecule has 0 spiro atoms. The number of primary sulfonamides is 1. The van der Waals surface area contributed by atoms with Crippen LogP contribution in [0.25, 0.3) is 0 Å². The van der Waals surface area contributed by atoms with E-state index in [1.807, 2.05) is 0 Å². The minimum atomic E-state index is -3.73. The minimum Gasteiger partial charge on any atom is -0.494 e. The van der Waals surface area contributed by atoms with Crippen molar-refractivity contribution < 1.29 is 21.6 Å². The van der Waals surface area contributed by atoms with E-state index in [9.17, 15) is 16.8 Å². The molecule has 0 saturated heterocycles. The molecule has 0 atom stereocenters. The van der Waals surface area contributed by atoms with Crippen molar-refractivity contribution >= 4 is 19.9 Å². The van der Waals surface area contributed by atoms with Crippen LogP contribution in [0.4, 0.5) is 0 Å². The topological polar surface area (TPSA) is 104 Å². The van der Waals surface area contributed by atoms with E-state index in [0.29, 0.717) is 17.7 Å². The van der Waals surface area contributed by atoms with Gasteiger partial charge >= 0.3 is 0 Å². The summed E-state index contributed by atoms with van der Waals surface area (Å²) in [5.74, 6) is 0.541. The van der Waals surface area contributed by atoms with Crippen molar-refractivity contribution in [3.8, 4) is 5.75 Å². The summed E-state index contributed by atoms with van der Waals surface area (Å²) < 4.78 is 49.6. The largest absolute Gasteiger partial charge is 0.494 e. The van der Waals surface area contributed by atoms with E-state index in [4.69, 9.17) is 9.88 Å². The highest BCUT2D eigenvalue weighted by Crippen LogP contribution is 2.20. The van der Waals surface area contributed by atoms with Gasteiger partial charge in [-0.15, -0.1) is 0 Å². The molecule has 1 aromatic rings. The fraction of sp³-hybridized carbons (Fsp3) is 0.455. The number of ether oxygens (including phenoxy) is 1. The summed E-state index contributed by atoms with van der Waals surface area (Å²) in [6.45, 7) is 1.87. The third-order valence-corrected chi connectivity index (χ3v) is 4.48. The number of aryl methyl sites for hydroxylation is 1. The summed E-state index contributed by atoms with van der Waals surface area (Å²) in [6.07, 6.45) is 1.55. The quantitative estimate of drug-likeness (QED) is 0.769. The summed E-state index contributed by atoms with van der Waals surface area (Å²) in [7, 11) is -6.72. The molecule has 0 aliphatic carbocycles. The van der Waals surface area contributed by atoms with Crippen LogP contribution < -0.4 is 9.88 Å². The van der Waals surface area contributed by atoms with Crippen LogP contribution in [0.2, 0.25) is 0 Å². The minimum absolute atomic E-state index is 0.0518.